The smallest absolute Gasteiger partial charge is 0.128 e. The van der Waals surface area contributed by atoms with Gasteiger partial charge in [-0.1, -0.05) is 13.0 Å². The van der Waals surface area contributed by atoms with Gasteiger partial charge in [0, 0.05) is 19.3 Å². The minimum absolute atomic E-state index is 0.429. The van der Waals surface area contributed by atoms with Gasteiger partial charge in [0.25, 0.3) is 0 Å². The van der Waals surface area contributed by atoms with Gasteiger partial charge in [-0.2, -0.15) is 0 Å². The van der Waals surface area contributed by atoms with E-state index < -0.39 is 6.10 Å². The van der Waals surface area contributed by atoms with Gasteiger partial charge in [0.05, 0.1) is 6.10 Å². The molecule has 0 spiro atoms. The van der Waals surface area contributed by atoms with E-state index in [1.54, 1.807) is 13.1 Å². The number of hydrogen-bond donors (Lipinski definition) is 1. The van der Waals surface area contributed by atoms with Crippen LogP contribution in [0, 0.1) is 5.92 Å². The Bertz CT molecular complexity index is 334. The van der Waals surface area contributed by atoms with E-state index in [1.807, 2.05) is 12.1 Å². The van der Waals surface area contributed by atoms with E-state index in [0.717, 1.165) is 30.4 Å². The third-order valence-electron chi connectivity index (χ3n) is 3.23. The van der Waals surface area contributed by atoms with Crippen molar-refractivity contribution in [2.45, 2.75) is 32.8 Å². The summed E-state index contributed by atoms with van der Waals surface area (Å²) in [6.07, 6.45) is 3.92. The Morgan fingerprint density at radius 1 is 1.50 bits per heavy atom. The highest BCUT2D eigenvalue weighted by Gasteiger charge is 2.17. The second-order valence-electron chi connectivity index (χ2n) is 4.82. The van der Waals surface area contributed by atoms with Crippen molar-refractivity contribution in [1.29, 1.82) is 0 Å². The van der Waals surface area contributed by atoms with Crippen LogP contribution in [0.4, 0.5) is 5.82 Å². The number of anilines is 1. The lowest BCUT2D eigenvalue weighted by molar-refractivity contribution is 0.199. The Morgan fingerprint density at radius 3 is 2.88 bits per heavy atom. The van der Waals surface area contributed by atoms with Gasteiger partial charge in [-0.05, 0) is 37.3 Å². The predicted molar refractivity (Wildman–Crippen MR) is 65.5 cm³/mol. The lowest BCUT2D eigenvalue weighted by Crippen LogP contribution is -2.34. The highest BCUT2D eigenvalue weighted by Crippen LogP contribution is 2.22. The van der Waals surface area contributed by atoms with Crippen LogP contribution in [0.2, 0.25) is 0 Å². The van der Waals surface area contributed by atoms with E-state index in [2.05, 4.69) is 16.8 Å². The van der Waals surface area contributed by atoms with Gasteiger partial charge in [0.15, 0.2) is 0 Å². The minimum atomic E-state index is -0.429. The summed E-state index contributed by atoms with van der Waals surface area (Å²) in [4.78, 5) is 6.76. The molecule has 3 nitrogen and oxygen atoms in total. The zero-order valence-electron chi connectivity index (χ0n) is 10.1. The first-order valence-electron chi connectivity index (χ1n) is 6.06. The number of rotatable bonds is 2. The van der Waals surface area contributed by atoms with Crippen LogP contribution in [0.15, 0.2) is 18.3 Å². The Morgan fingerprint density at radius 2 is 2.31 bits per heavy atom. The number of piperidine rings is 1. The predicted octanol–water partition coefficient (Wildman–Crippen LogP) is 2.37. The molecule has 1 fully saturated rings. The second kappa shape index (κ2) is 4.83. The van der Waals surface area contributed by atoms with Crippen molar-refractivity contribution in [3.8, 4) is 0 Å². The van der Waals surface area contributed by atoms with E-state index in [4.69, 9.17) is 0 Å². The summed E-state index contributed by atoms with van der Waals surface area (Å²) < 4.78 is 0. The number of hydrogen-bond acceptors (Lipinski definition) is 3. The largest absolute Gasteiger partial charge is 0.389 e. The average molecular weight is 220 g/mol. The quantitative estimate of drug-likeness (QED) is 0.831. The second-order valence-corrected chi connectivity index (χ2v) is 4.82. The molecule has 1 aliphatic rings. The molecular weight excluding hydrogens is 200 g/mol. The van der Waals surface area contributed by atoms with Gasteiger partial charge >= 0.3 is 0 Å². The summed E-state index contributed by atoms with van der Waals surface area (Å²) in [5.41, 5.74) is 0.883. The number of aliphatic hydroxyl groups excluding tert-OH is 1. The van der Waals surface area contributed by atoms with E-state index in [9.17, 15) is 5.11 Å². The van der Waals surface area contributed by atoms with Crippen molar-refractivity contribution < 1.29 is 5.11 Å². The molecule has 3 heteroatoms. The molecule has 0 unspecified atom stereocenters. The topological polar surface area (TPSA) is 36.4 Å². The molecule has 0 aliphatic carbocycles. The summed E-state index contributed by atoms with van der Waals surface area (Å²) in [5, 5.41) is 9.41. The molecule has 0 amide bonds. The molecule has 0 bridgehead atoms. The van der Waals surface area contributed by atoms with Crippen molar-refractivity contribution in [3.05, 3.63) is 23.9 Å². The summed E-state index contributed by atoms with van der Waals surface area (Å²) >= 11 is 0. The summed E-state index contributed by atoms with van der Waals surface area (Å²) in [6, 6.07) is 3.98. The monoisotopic (exact) mass is 220 g/mol. The zero-order valence-corrected chi connectivity index (χ0v) is 10.1. The van der Waals surface area contributed by atoms with Crippen molar-refractivity contribution in [2.75, 3.05) is 18.0 Å². The van der Waals surface area contributed by atoms with Crippen LogP contribution in [0.25, 0.3) is 0 Å². The number of aromatic nitrogens is 1. The molecule has 16 heavy (non-hydrogen) atoms. The highest BCUT2D eigenvalue weighted by molar-refractivity contribution is 5.40. The SMILES string of the molecule is C[C@@H]1CCCN(c2ccc([C@H](C)O)cn2)C1. The summed E-state index contributed by atoms with van der Waals surface area (Å²) in [6.45, 7) is 6.25. The fourth-order valence-corrected chi connectivity index (χ4v) is 2.23. The third kappa shape index (κ3) is 2.53. The summed E-state index contributed by atoms with van der Waals surface area (Å²) in [7, 11) is 0. The van der Waals surface area contributed by atoms with E-state index in [-0.39, 0.29) is 0 Å². The van der Waals surface area contributed by atoms with Crippen LogP contribution in [-0.2, 0) is 0 Å². The van der Waals surface area contributed by atoms with Gasteiger partial charge in [-0.25, -0.2) is 4.98 Å². The fourth-order valence-electron chi connectivity index (χ4n) is 2.23. The van der Waals surface area contributed by atoms with Gasteiger partial charge in [0.2, 0.25) is 0 Å². The van der Waals surface area contributed by atoms with E-state index >= 15 is 0 Å². The molecule has 1 aromatic heterocycles. The van der Waals surface area contributed by atoms with Crippen LogP contribution in [0.5, 0.6) is 0 Å². The molecule has 1 aliphatic heterocycles. The Labute approximate surface area is 97.1 Å². The van der Waals surface area contributed by atoms with Crippen LogP contribution in [0.3, 0.4) is 0 Å². The normalized spacial score (nSPS) is 23.2. The standard InChI is InChI=1S/C13H20N2O/c1-10-4-3-7-15(9-10)13-6-5-12(8-14-13)11(2)16/h5-6,8,10-11,16H,3-4,7,9H2,1-2H3/t10-,11+/m1/s1. The summed E-state index contributed by atoms with van der Waals surface area (Å²) in [5.74, 6) is 1.79. The van der Waals surface area contributed by atoms with Crippen LogP contribution in [-0.4, -0.2) is 23.2 Å². The van der Waals surface area contributed by atoms with Crippen LogP contribution >= 0.6 is 0 Å². The number of nitrogens with zero attached hydrogens (tertiary/aromatic N) is 2. The first-order chi connectivity index (χ1) is 7.66. The minimum Gasteiger partial charge on any atom is -0.389 e. The molecular formula is C13H20N2O. The van der Waals surface area contributed by atoms with Crippen LogP contribution in [0.1, 0.15) is 38.4 Å². The molecule has 1 N–H and O–H groups in total. The lowest BCUT2D eigenvalue weighted by atomic mass is 10.0. The maximum atomic E-state index is 9.41. The van der Waals surface area contributed by atoms with Crippen molar-refractivity contribution in [1.82, 2.24) is 4.98 Å². The highest BCUT2D eigenvalue weighted by atomic mass is 16.3. The van der Waals surface area contributed by atoms with Crippen molar-refractivity contribution in [3.63, 3.8) is 0 Å². The molecule has 2 heterocycles. The first-order valence-corrected chi connectivity index (χ1v) is 6.06. The van der Waals surface area contributed by atoms with Crippen molar-refractivity contribution >= 4 is 5.82 Å². The molecule has 1 aromatic rings. The van der Waals surface area contributed by atoms with Gasteiger partial charge in [0.1, 0.15) is 5.82 Å². The Kier molecular flexibility index (Phi) is 3.44. The zero-order chi connectivity index (χ0) is 11.5. The third-order valence-corrected chi connectivity index (χ3v) is 3.23. The molecule has 2 rings (SSSR count). The first kappa shape index (κ1) is 11.4. The fraction of sp³-hybridized carbons (Fsp3) is 0.615. The number of pyridine rings is 1. The molecule has 0 radical (unpaired) electrons. The molecule has 1 saturated heterocycles. The molecule has 88 valence electrons. The van der Waals surface area contributed by atoms with E-state index in [0.29, 0.717) is 0 Å². The molecule has 2 atom stereocenters. The van der Waals surface area contributed by atoms with Gasteiger partial charge in [-0.3, -0.25) is 0 Å². The van der Waals surface area contributed by atoms with Crippen molar-refractivity contribution in [2.24, 2.45) is 5.92 Å². The van der Waals surface area contributed by atoms with Gasteiger partial charge < -0.3 is 10.0 Å². The Hall–Kier alpha value is -1.09. The maximum Gasteiger partial charge on any atom is 0.128 e. The van der Waals surface area contributed by atoms with E-state index in [1.165, 1.54) is 12.8 Å². The van der Waals surface area contributed by atoms with Gasteiger partial charge in [-0.15, -0.1) is 0 Å². The molecule has 0 aromatic carbocycles. The number of aliphatic hydroxyl groups is 1. The average Bonchev–Trinajstić information content (AvgIpc) is 2.29. The lowest BCUT2D eigenvalue weighted by Gasteiger charge is -2.31. The Balaban J connectivity index is 2.09. The maximum absolute atomic E-state index is 9.41. The van der Waals surface area contributed by atoms with Crippen LogP contribution < -0.4 is 4.90 Å². The molecule has 0 saturated carbocycles.